The fourth-order valence-electron chi connectivity index (χ4n) is 3.61. The van der Waals surface area contributed by atoms with Crippen LogP contribution in [-0.4, -0.2) is 49.4 Å². The molecule has 0 radical (unpaired) electrons. The van der Waals surface area contributed by atoms with Crippen LogP contribution in [0.1, 0.15) is 16.7 Å². The van der Waals surface area contributed by atoms with E-state index >= 15 is 0 Å². The zero-order chi connectivity index (χ0) is 19.1. The van der Waals surface area contributed by atoms with E-state index in [4.69, 9.17) is 11.6 Å². The van der Waals surface area contributed by atoms with Crippen molar-refractivity contribution in [3.05, 3.63) is 65.2 Å². The largest absolute Gasteiger partial charge is 0.369 e. The van der Waals surface area contributed by atoms with Crippen LogP contribution in [-0.2, 0) is 17.8 Å². The molecule has 1 saturated heterocycles. The molecule has 2 aromatic rings. The lowest BCUT2D eigenvalue weighted by Gasteiger charge is -2.37. The predicted molar refractivity (Wildman–Crippen MR) is 113 cm³/mol. The second-order valence-electron chi connectivity index (χ2n) is 7.10. The number of nitrogens with one attached hydrogen (secondary N) is 1. The molecule has 4 nitrogen and oxygen atoms in total. The van der Waals surface area contributed by atoms with E-state index in [0.717, 1.165) is 39.1 Å². The maximum Gasteiger partial charge on any atom is 0.234 e. The van der Waals surface area contributed by atoms with Crippen LogP contribution >= 0.6 is 11.6 Å². The van der Waals surface area contributed by atoms with Crippen molar-refractivity contribution in [3.63, 3.8) is 0 Å². The van der Waals surface area contributed by atoms with E-state index < -0.39 is 0 Å². The van der Waals surface area contributed by atoms with Gasteiger partial charge in [-0.25, -0.2) is 0 Å². The van der Waals surface area contributed by atoms with Gasteiger partial charge in [-0.3, -0.25) is 9.69 Å². The summed E-state index contributed by atoms with van der Waals surface area (Å²) in [5.74, 6) is -0.0906. The van der Waals surface area contributed by atoms with Gasteiger partial charge in [-0.1, -0.05) is 42.5 Å². The van der Waals surface area contributed by atoms with Crippen molar-refractivity contribution in [2.45, 2.75) is 19.9 Å². The van der Waals surface area contributed by atoms with Crippen LogP contribution in [0.5, 0.6) is 0 Å². The lowest BCUT2D eigenvalue weighted by atomic mass is 10.1. The number of aryl methyl sites for hydroxylation is 1. The van der Waals surface area contributed by atoms with Gasteiger partial charge in [0, 0.05) is 45.0 Å². The van der Waals surface area contributed by atoms with Crippen LogP contribution in [0.25, 0.3) is 0 Å². The molecule has 0 bridgehead atoms. The molecule has 5 heteroatoms. The van der Waals surface area contributed by atoms with Crippen molar-refractivity contribution in [1.29, 1.82) is 0 Å². The molecular weight excluding hydrogens is 358 g/mol. The van der Waals surface area contributed by atoms with Crippen LogP contribution in [0, 0.1) is 6.92 Å². The molecule has 0 spiro atoms. The third kappa shape index (κ3) is 5.72. The van der Waals surface area contributed by atoms with Crippen LogP contribution in [0.15, 0.2) is 48.5 Å². The fraction of sp³-hybridized carbons (Fsp3) is 0.409. The minimum absolute atomic E-state index is 0.0220. The molecule has 0 unspecified atom stereocenters. The lowest BCUT2D eigenvalue weighted by molar-refractivity contribution is -0.118. The van der Waals surface area contributed by atoms with Gasteiger partial charge in [0.25, 0.3) is 0 Å². The van der Waals surface area contributed by atoms with Crippen LogP contribution in [0.3, 0.4) is 0 Å². The number of hydrogen-bond acceptors (Lipinski definition) is 3. The summed E-state index contributed by atoms with van der Waals surface area (Å²) in [6, 6.07) is 17.3. The quantitative estimate of drug-likeness (QED) is 0.743. The maximum absolute atomic E-state index is 11.2. The van der Waals surface area contributed by atoms with Gasteiger partial charge in [0.2, 0.25) is 5.91 Å². The Labute approximate surface area is 167 Å². The molecule has 1 N–H and O–H groups in total. The Bertz CT molecular complexity index is 742. The molecule has 2 aromatic carbocycles. The predicted octanol–water partition coefficient (Wildman–Crippen LogP) is 3.21. The van der Waals surface area contributed by atoms with Gasteiger partial charge >= 0.3 is 0 Å². The number of carbonyl (C=O) groups excluding carboxylic acids is 1. The van der Waals surface area contributed by atoms with Crippen molar-refractivity contribution in [2.24, 2.45) is 0 Å². The third-order valence-corrected chi connectivity index (χ3v) is 5.32. The van der Waals surface area contributed by atoms with E-state index in [1.807, 2.05) is 0 Å². The topological polar surface area (TPSA) is 35.6 Å². The van der Waals surface area contributed by atoms with E-state index in [9.17, 15) is 4.79 Å². The van der Waals surface area contributed by atoms with E-state index in [-0.39, 0.29) is 11.8 Å². The molecule has 27 heavy (non-hydrogen) atoms. The Hall–Kier alpha value is -2.04. The molecule has 1 aliphatic rings. The minimum atomic E-state index is -0.113. The van der Waals surface area contributed by atoms with Crippen molar-refractivity contribution in [3.8, 4) is 0 Å². The van der Waals surface area contributed by atoms with Gasteiger partial charge in [0.15, 0.2) is 0 Å². The summed E-state index contributed by atoms with van der Waals surface area (Å²) < 4.78 is 0. The standard InChI is InChI=1S/C22H28ClN3O/c1-18-15-19(9-10-24-22(27)16-23)7-8-21(18)26-13-11-25(12-14-26)17-20-5-3-2-4-6-20/h2-8,15H,9-14,16-17H2,1H3,(H,24,27). The van der Waals surface area contributed by atoms with Gasteiger partial charge < -0.3 is 10.2 Å². The van der Waals surface area contributed by atoms with E-state index in [1.54, 1.807) is 0 Å². The first kappa shape index (κ1) is 19.7. The lowest BCUT2D eigenvalue weighted by Crippen LogP contribution is -2.46. The number of carbonyl (C=O) groups is 1. The molecule has 0 aromatic heterocycles. The first-order valence-corrected chi connectivity index (χ1v) is 10.1. The monoisotopic (exact) mass is 385 g/mol. The van der Waals surface area contributed by atoms with E-state index in [0.29, 0.717) is 6.54 Å². The first-order chi connectivity index (χ1) is 13.2. The normalized spacial score (nSPS) is 15.0. The highest BCUT2D eigenvalue weighted by atomic mass is 35.5. The van der Waals surface area contributed by atoms with Gasteiger partial charge in [-0.2, -0.15) is 0 Å². The molecule has 0 atom stereocenters. The summed E-state index contributed by atoms with van der Waals surface area (Å²) in [7, 11) is 0. The molecule has 1 heterocycles. The highest BCUT2D eigenvalue weighted by Crippen LogP contribution is 2.23. The number of nitrogens with zero attached hydrogens (tertiary/aromatic N) is 2. The number of rotatable bonds is 7. The zero-order valence-electron chi connectivity index (χ0n) is 16.0. The number of hydrogen-bond donors (Lipinski definition) is 1. The molecule has 144 valence electrons. The van der Waals surface area contributed by atoms with Crippen molar-refractivity contribution < 1.29 is 4.79 Å². The SMILES string of the molecule is Cc1cc(CCNC(=O)CCl)ccc1N1CCN(Cc2ccccc2)CC1. The Balaban J connectivity index is 1.51. The van der Waals surface area contributed by atoms with Gasteiger partial charge in [-0.05, 0) is 36.1 Å². The van der Waals surface area contributed by atoms with Crippen molar-refractivity contribution in [1.82, 2.24) is 10.2 Å². The molecular formula is C22H28ClN3O. The van der Waals surface area contributed by atoms with Crippen LogP contribution in [0.4, 0.5) is 5.69 Å². The summed E-state index contributed by atoms with van der Waals surface area (Å²) >= 11 is 5.50. The maximum atomic E-state index is 11.2. The van der Waals surface area contributed by atoms with Crippen molar-refractivity contribution >= 4 is 23.2 Å². The van der Waals surface area contributed by atoms with Crippen LogP contribution in [0.2, 0.25) is 0 Å². The van der Waals surface area contributed by atoms with E-state index in [1.165, 1.54) is 22.4 Å². The summed E-state index contributed by atoms with van der Waals surface area (Å²) in [6.07, 6.45) is 0.828. The van der Waals surface area contributed by atoms with Crippen LogP contribution < -0.4 is 10.2 Å². The number of alkyl halides is 1. The molecule has 0 saturated carbocycles. The zero-order valence-corrected chi connectivity index (χ0v) is 16.7. The number of halogens is 1. The average Bonchev–Trinajstić information content (AvgIpc) is 2.69. The van der Waals surface area contributed by atoms with Gasteiger partial charge in [-0.15, -0.1) is 11.6 Å². The highest BCUT2D eigenvalue weighted by Gasteiger charge is 2.18. The molecule has 1 amide bonds. The van der Waals surface area contributed by atoms with Gasteiger partial charge in [0.1, 0.15) is 5.88 Å². The second-order valence-corrected chi connectivity index (χ2v) is 7.37. The summed E-state index contributed by atoms with van der Waals surface area (Å²) in [5, 5.41) is 2.82. The minimum Gasteiger partial charge on any atom is -0.369 e. The number of amides is 1. The number of benzene rings is 2. The van der Waals surface area contributed by atoms with E-state index in [2.05, 4.69) is 70.6 Å². The summed E-state index contributed by atoms with van der Waals surface area (Å²) in [5.41, 5.74) is 5.25. The Morgan fingerprint density at radius 3 is 2.44 bits per heavy atom. The molecule has 1 fully saturated rings. The number of piperazine rings is 1. The Morgan fingerprint density at radius 1 is 1.04 bits per heavy atom. The highest BCUT2D eigenvalue weighted by molar-refractivity contribution is 6.27. The molecule has 3 rings (SSSR count). The second kappa shape index (κ2) is 9.77. The Kier molecular flexibility index (Phi) is 7.13. The Morgan fingerprint density at radius 2 is 1.78 bits per heavy atom. The van der Waals surface area contributed by atoms with Crippen molar-refractivity contribution in [2.75, 3.05) is 43.5 Å². The molecule has 1 aliphatic heterocycles. The van der Waals surface area contributed by atoms with Gasteiger partial charge in [0.05, 0.1) is 0 Å². The summed E-state index contributed by atoms with van der Waals surface area (Å²) in [6.45, 7) is 8.11. The third-order valence-electron chi connectivity index (χ3n) is 5.08. The first-order valence-electron chi connectivity index (χ1n) is 9.59. The average molecular weight is 386 g/mol. The summed E-state index contributed by atoms with van der Waals surface area (Å²) in [4.78, 5) is 16.2. The number of anilines is 1. The molecule has 0 aliphatic carbocycles. The smallest absolute Gasteiger partial charge is 0.234 e. The fourth-order valence-corrected chi connectivity index (χ4v) is 3.70.